The Kier molecular flexibility index (Phi) is 5.32. The summed E-state index contributed by atoms with van der Waals surface area (Å²) in [5.74, 6) is 0. The molecule has 110 valence electrons. The van der Waals surface area contributed by atoms with Crippen molar-refractivity contribution < 1.29 is 4.79 Å². The van der Waals surface area contributed by atoms with E-state index in [-0.39, 0.29) is 6.03 Å². The molecule has 0 atom stereocenters. The van der Waals surface area contributed by atoms with Gasteiger partial charge in [-0.05, 0) is 49.1 Å². The number of aromatic nitrogens is 1. The molecule has 0 saturated heterocycles. The summed E-state index contributed by atoms with van der Waals surface area (Å²) in [7, 11) is 0. The standard InChI is InChI=1S/C17H21N3O/c1-13-3-4-16(14(2)11-13)7-10-19-17(21)20-12-15-5-8-18-9-6-15/h3-6,8-9,11H,7,10,12H2,1-2H3,(H2,19,20,21). The molecule has 0 radical (unpaired) electrons. The van der Waals surface area contributed by atoms with Crippen molar-refractivity contribution in [1.29, 1.82) is 0 Å². The highest BCUT2D eigenvalue weighted by atomic mass is 16.2. The van der Waals surface area contributed by atoms with E-state index in [9.17, 15) is 4.79 Å². The summed E-state index contributed by atoms with van der Waals surface area (Å²) in [6.07, 6.45) is 4.28. The van der Waals surface area contributed by atoms with Crippen LogP contribution in [-0.4, -0.2) is 17.6 Å². The molecule has 2 N–H and O–H groups in total. The highest BCUT2D eigenvalue weighted by molar-refractivity contribution is 5.73. The number of rotatable bonds is 5. The van der Waals surface area contributed by atoms with Crippen LogP contribution in [0.3, 0.4) is 0 Å². The Balaban J connectivity index is 1.72. The molecule has 4 nitrogen and oxygen atoms in total. The van der Waals surface area contributed by atoms with Crippen LogP contribution in [0.2, 0.25) is 0 Å². The van der Waals surface area contributed by atoms with Gasteiger partial charge in [0.1, 0.15) is 0 Å². The smallest absolute Gasteiger partial charge is 0.315 e. The van der Waals surface area contributed by atoms with Crippen LogP contribution in [-0.2, 0) is 13.0 Å². The van der Waals surface area contributed by atoms with Gasteiger partial charge in [0.25, 0.3) is 0 Å². The number of amides is 2. The Morgan fingerprint density at radius 1 is 1.10 bits per heavy atom. The van der Waals surface area contributed by atoms with Crippen LogP contribution < -0.4 is 10.6 Å². The lowest BCUT2D eigenvalue weighted by Gasteiger charge is -2.09. The fourth-order valence-electron chi connectivity index (χ4n) is 2.18. The van der Waals surface area contributed by atoms with Crippen LogP contribution in [0, 0.1) is 13.8 Å². The first-order valence-electron chi connectivity index (χ1n) is 7.12. The highest BCUT2D eigenvalue weighted by Gasteiger charge is 2.02. The SMILES string of the molecule is Cc1ccc(CCNC(=O)NCc2ccncc2)c(C)c1. The van der Waals surface area contributed by atoms with Gasteiger partial charge in [0.05, 0.1) is 0 Å². The fourth-order valence-corrected chi connectivity index (χ4v) is 2.18. The van der Waals surface area contributed by atoms with Gasteiger partial charge in [0.15, 0.2) is 0 Å². The van der Waals surface area contributed by atoms with Gasteiger partial charge in [0, 0.05) is 25.5 Å². The van der Waals surface area contributed by atoms with Gasteiger partial charge in [-0.3, -0.25) is 4.98 Å². The summed E-state index contributed by atoms with van der Waals surface area (Å²) in [5.41, 5.74) is 4.85. The Morgan fingerprint density at radius 2 is 1.86 bits per heavy atom. The van der Waals surface area contributed by atoms with E-state index in [0.29, 0.717) is 13.1 Å². The molecule has 0 unspecified atom stereocenters. The lowest BCUT2D eigenvalue weighted by molar-refractivity contribution is 0.240. The summed E-state index contributed by atoms with van der Waals surface area (Å²) in [6, 6.07) is 10.0. The molecule has 0 aliphatic heterocycles. The van der Waals surface area contributed by atoms with Crippen molar-refractivity contribution in [1.82, 2.24) is 15.6 Å². The zero-order valence-corrected chi connectivity index (χ0v) is 12.5. The lowest BCUT2D eigenvalue weighted by atomic mass is 10.0. The second-order valence-corrected chi connectivity index (χ2v) is 5.14. The second-order valence-electron chi connectivity index (χ2n) is 5.14. The van der Waals surface area contributed by atoms with E-state index in [1.165, 1.54) is 16.7 Å². The van der Waals surface area contributed by atoms with Crippen molar-refractivity contribution in [2.45, 2.75) is 26.8 Å². The van der Waals surface area contributed by atoms with E-state index in [1.54, 1.807) is 12.4 Å². The Bertz CT molecular complexity index is 596. The van der Waals surface area contributed by atoms with Crippen LogP contribution in [0.15, 0.2) is 42.7 Å². The Morgan fingerprint density at radius 3 is 2.57 bits per heavy atom. The topological polar surface area (TPSA) is 54.0 Å². The number of aryl methyl sites for hydroxylation is 2. The number of nitrogens with one attached hydrogen (secondary N) is 2. The number of carbonyl (C=O) groups excluding carboxylic acids is 1. The van der Waals surface area contributed by atoms with Gasteiger partial charge in [-0.1, -0.05) is 23.8 Å². The quantitative estimate of drug-likeness (QED) is 0.886. The molecule has 0 aliphatic rings. The third-order valence-corrected chi connectivity index (χ3v) is 3.38. The fraction of sp³-hybridized carbons (Fsp3) is 0.294. The van der Waals surface area contributed by atoms with Gasteiger partial charge >= 0.3 is 6.03 Å². The summed E-state index contributed by atoms with van der Waals surface area (Å²) in [6.45, 7) is 5.33. The average molecular weight is 283 g/mol. The number of benzene rings is 1. The van der Waals surface area contributed by atoms with Crippen molar-refractivity contribution in [2.75, 3.05) is 6.54 Å². The first-order chi connectivity index (χ1) is 10.1. The van der Waals surface area contributed by atoms with Crippen molar-refractivity contribution in [3.63, 3.8) is 0 Å². The van der Waals surface area contributed by atoms with E-state index in [1.807, 2.05) is 12.1 Å². The van der Waals surface area contributed by atoms with E-state index in [4.69, 9.17) is 0 Å². The summed E-state index contributed by atoms with van der Waals surface area (Å²) < 4.78 is 0. The highest BCUT2D eigenvalue weighted by Crippen LogP contribution is 2.10. The van der Waals surface area contributed by atoms with Crippen LogP contribution in [0.1, 0.15) is 22.3 Å². The number of carbonyl (C=O) groups is 1. The van der Waals surface area contributed by atoms with Crippen molar-refractivity contribution in [3.8, 4) is 0 Å². The number of nitrogens with zero attached hydrogens (tertiary/aromatic N) is 1. The summed E-state index contributed by atoms with van der Waals surface area (Å²) in [4.78, 5) is 15.6. The van der Waals surface area contributed by atoms with Gasteiger partial charge in [-0.15, -0.1) is 0 Å². The molecule has 0 fully saturated rings. The monoisotopic (exact) mass is 283 g/mol. The predicted molar refractivity (Wildman–Crippen MR) is 84.1 cm³/mol. The molecule has 0 bridgehead atoms. The molecule has 21 heavy (non-hydrogen) atoms. The van der Waals surface area contributed by atoms with Crippen LogP contribution >= 0.6 is 0 Å². The molecule has 2 rings (SSSR count). The van der Waals surface area contributed by atoms with E-state index < -0.39 is 0 Å². The average Bonchev–Trinajstić information content (AvgIpc) is 2.48. The van der Waals surface area contributed by atoms with Crippen LogP contribution in [0.5, 0.6) is 0 Å². The number of urea groups is 1. The summed E-state index contributed by atoms with van der Waals surface area (Å²) >= 11 is 0. The minimum atomic E-state index is -0.142. The van der Waals surface area contributed by atoms with Crippen LogP contribution in [0.25, 0.3) is 0 Å². The summed E-state index contributed by atoms with van der Waals surface area (Å²) in [5, 5.41) is 5.71. The molecular formula is C17H21N3O. The predicted octanol–water partition coefficient (Wildman–Crippen LogP) is 2.74. The Labute approximate surface area is 125 Å². The second kappa shape index (κ2) is 7.43. The molecule has 1 heterocycles. The number of hydrogen-bond donors (Lipinski definition) is 2. The molecular weight excluding hydrogens is 262 g/mol. The maximum absolute atomic E-state index is 11.7. The van der Waals surface area contributed by atoms with E-state index in [0.717, 1.165) is 12.0 Å². The van der Waals surface area contributed by atoms with E-state index >= 15 is 0 Å². The zero-order chi connectivity index (χ0) is 15.1. The number of hydrogen-bond acceptors (Lipinski definition) is 2. The normalized spacial score (nSPS) is 10.2. The first kappa shape index (κ1) is 15.0. The minimum Gasteiger partial charge on any atom is -0.338 e. The van der Waals surface area contributed by atoms with Crippen molar-refractivity contribution in [3.05, 3.63) is 65.0 Å². The maximum atomic E-state index is 11.7. The maximum Gasteiger partial charge on any atom is 0.315 e. The lowest BCUT2D eigenvalue weighted by Crippen LogP contribution is -2.36. The molecule has 2 amide bonds. The minimum absolute atomic E-state index is 0.142. The largest absolute Gasteiger partial charge is 0.338 e. The molecule has 0 aliphatic carbocycles. The molecule has 1 aromatic carbocycles. The van der Waals surface area contributed by atoms with Crippen LogP contribution in [0.4, 0.5) is 4.79 Å². The zero-order valence-electron chi connectivity index (χ0n) is 12.5. The molecule has 0 spiro atoms. The third kappa shape index (κ3) is 4.91. The molecule has 4 heteroatoms. The van der Waals surface area contributed by atoms with Gasteiger partial charge < -0.3 is 10.6 Å². The van der Waals surface area contributed by atoms with Gasteiger partial charge in [0.2, 0.25) is 0 Å². The molecule has 2 aromatic rings. The molecule has 1 aromatic heterocycles. The third-order valence-electron chi connectivity index (χ3n) is 3.38. The van der Waals surface area contributed by atoms with Crippen molar-refractivity contribution >= 4 is 6.03 Å². The van der Waals surface area contributed by atoms with Gasteiger partial charge in [-0.25, -0.2) is 4.79 Å². The molecule has 0 saturated carbocycles. The first-order valence-corrected chi connectivity index (χ1v) is 7.12. The van der Waals surface area contributed by atoms with E-state index in [2.05, 4.69) is 47.7 Å². The van der Waals surface area contributed by atoms with Crippen molar-refractivity contribution in [2.24, 2.45) is 0 Å². The Hall–Kier alpha value is -2.36. The van der Waals surface area contributed by atoms with Gasteiger partial charge in [-0.2, -0.15) is 0 Å². The number of pyridine rings is 1.